The number of hydrogen-bond donors (Lipinski definition) is 2. The molecule has 2 N–H and O–H groups in total. The lowest BCUT2D eigenvalue weighted by atomic mass is 10.3. The van der Waals surface area contributed by atoms with Crippen molar-refractivity contribution < 1.29 is 27.8 Å². The lowest BCUT2D eigenvalue weighted by Crippen LogP contribution is -2.29. The number of ether oxygens (including phenoxy) is 2. The summed E-state index contributed by atoms with van der Waals surface area (Å²) in [5.41, 5.74) is 0.301. The predicted octanol–water partition coefficient (Wildman–Crippen LogP) is 1.41. The molecule has 110 valence electrons. The van der Waals surface area contributed by atoms with E-state index in [0.717, 1.165) is 0 Å². The van der Waals surface area contributed by atoms with Gasteiger partial charge in [0.05, 0.1) is 17.9 Å². The van der Waals surface area contributed by atoms with Gasteiger partial charge in [0.2, 0.25) is 15.8 Å². The van der Waals surface area contributed by atoms with E-state index in [0.29, 0.717) is 17.2 Å². The molecule has 20 heavy (non-hydrogen) atoms. The van der Waals surface area contributed by atoms with Crippen LogP contribution in [-0.4, -0.2) is 31.0 Å². The van der Waals surface area contributed by atoms with Crippen molar-refractivity contribution in [1.82, 2.24) is 0 Å². The number of carbonyl (C=O) groups is 1. The summed E-state index contributed by atoms with van der Waals surface area (Å²) in [6.45, 7) is 3.48. The van der Waals surface area contributed by atoms with Gasteiger partial charge in [0.15, 0.2) is 11.5 Å². The maximum absolute atomic E-state index is 11.7. The molecule has 0 saturated heterocycles. The minimum absolute atomic E-state index is 0.301. The Morgan fingerprint density at radius 3 is 2.60 bits per heavy atom. The molecular formula is C12H15NO6S. The maximum atomic E-state index is 11.7. The van der Waals surface area contributed by atoms with Gasteiger partial charge in [-0.1, -0.05) is 0 Å². The summed E-state index contributed by atoms with van der Waals surface area (Å²) >= 11 is 0. The molecule has 7 nitrogen and oxygen atoms in total. The highest BCUT2D eigenvalue weighted by molar-refractivity contribution is 7.92. The van der Waals surface area contributed by atoms with E-state index < -0.39 is 34.0 Å². The van der Waals surface area contributed by atoms with E-state index in [1.807, 2.05) is 0 Å². The van der Waals surface area contributed by atoms with Crippen molar-refractivity contribution in [1.29, 1.82) is 0 Å². The van der Waals surface area contributed by atoms with Gasteiger partial charge in [0, 0.05) is 19.9 Å². The highest BCUT2D eigenvalue weighted by Gasteiger charge is 2.31. The van der Waals surface area contributed by atoms with Crippen LogP contribution in [0, 0.1) is 0 Å². The van der Waals surface area contributed by atoms with Crippen molar-refractivity contribution in [3.8, 4) is 11.5 Å². The van der Waals surface area contributed by atoms with Crippen LogP contribution in [0.1, 0.15) is 20.3 Å². The van der Waals surface area contributed by atoms with Crippen molar-refractivity contribution in [3.63, 3.8) is 0 Å². The fourth-order valence-electron chi connectivity index (χ4n) is 1.74. The maximum Gasteiger partial charge on any atom is 0.304 e. The van der Waals surface area contributed by atoms with Gasteiger partial charge >= 0.3 is 5.97 Å². The Balaban J connectivity index is 2.11. The monoisotopic (exact) mass is 301 g/mol. The SMILES string of the molecule is CC1(C)Oc2ccc(NS(=O)(=O)CCC(=O)O)cc2O1. The molecule has 8 heteroatoms. The van der Waals surface area contributed by atoms with E-state index in [2.05, 4.69) is 4.72 Å². The molecule has 0 spiro atoms. The van der Waals surface area contributed by atoms with Gasteiger partial charge in [-0.2, -0.15) is 0 Å². The molecule has 1 aliphatic rings. The highest BCUT2D eigenvalue weighted by atomic mass is 32.2. The summed E-state index contributed by atoms with van der Waals surface area (Å²) in [7, 11) is -3.70. The number of nitrogens with one attached hydrogen (secondary N) is 1. The molecule has 1 heterocycles. The third-order valence-corrected chi connectivity index (χ3v) is 3.80. The summed E-state index contributed by atoms with van der Waals surface area (Å²) in [5.74, 6) is -1.47. The fourth-order valence-corrected chi connectivity index (χ4v) is 2.77. The molecule has 0 bridgehead atoms. The second-order valence-electron chi connectivity index (χ2n) is 4.83. The van der Waals surface area contributed by atoms with Crippen LogP contribution in [0.4, 0.5) is 5.69 Å². The Kier molecular flexibility index (Phi) is 3.51. The van der Waals surface area contributed by atoms with Gasteiger partial charge < -0.3 is 14.6 Å². The summed E-state index contributed by atoms with van der Waals surface area (Å²) < 4.78 is 36.7. The van der Waals surface area contributed by atoms with E-state index in [4.69, 9.17) is 14.6 Å². The van der Waals surface area contributed by atoms with Crippen molar-refractivity contribution in [3.05, 3.63) is 18.2 Å². The van der Waals surface area contributed by atoms with Crippen molar-refractivity contribution in [2.75, 3.05) is 10.5 Å². The highest BCUT2D eigenvalue weighted by Crippen LogP contribution is 2.40. The summed E-state index contributed by atoms with van der Waals surface area (Å²) in [6, 6.07) is 4.63. The first kappa shape index (κ1) is 14.4. The Hall–Kier alpha value is -1.96. The first-order valence-electron chi connectivity index (χ1n) is 5.91. The van der Waals surface area contributed by atoms with Crippen LogP contribution in [0.5, 0.6) is 11.5 Å². The smallest absolute Gasteiger partial charge is 0.304 e. The van der Waals surface area contributed by atoms with Crippen LogP contribution < -0.4 is 14.2 Å². The molecule has 0 radical (unpaired) electrons. The lowest BCUT2D eigenvalue weighted by molar-refractivity contribution is -0.136. The normalized spacial score (nSPS) is 15.9. The minimum atomic E-state index is -3.70. The second kappa shape index (κ2) is 4.86. The number of rotatable bonds is 5. The third-order valence-electron chi connectivity index (χ3n) is 2.51. The molecule has 1 aromatic rings. The number of benzene rings is 1. The zero-order valence-electron chi connectivity index (χ0n) is 11.0. The molecule has 0 unspecified atom stereocenters. The Labute approximate surface area is 116 Å². The fraction of sp³-hybridized carbons (Fsp3) is 0.417. The summed E-state index contributed by atoms with van der Waals surface area (Å²) in [6.07, 6.45) is -0.451. The quantitative estimate of drug-likeness (QED) is 0.852. The zero-order valence-corrected chi connectivity index (χ0v) is 11.9. The van der Waals surface area contributed by atoms with E-state index in [1.54, 1.807) is 19.9 Å². The molecular weight excluding hydrogens is 286 g/mol. The number of carboxylic acids is 1. The molecule has 0 aromatic heterocycles. The van der Waals surface area contributed by atoms with Crippen molar-refractivity contribution in [2.24, 2.45) is 0 Å². The van der Waals surface area contributed by atoms with Gasteiger partial charge in [0.1, 0.15) is 0 Å². The van der Waals surface area contributed by atoms with E-state index >= 15 is 0 Å². The Morgan fingerprint density at radius 2 is 1.95 bits per heavy atom. The third kappa shape index (κ3) is 3.53. The minimum Gasteiger partial charge on any atom is -0.481 e. The van der Waals surface area contributed by atoms with E-state index in [9.17, 15) is 13.2 Å². The average molecular weight is 301 g/mol. The molecule has 1 aliphatic heterocycles. The van der Waals surface area contributed by atoms with Crippen molar-refractivity contribution >= 4 is 21.7 Å². The number of anilines is 1. The van der Waals surface area contributed by atoms with E-state index in [1.165, 1.54) is 12.1 Å². The summed E-state index contributed by atoms with van der Waals surface area (Å²) in [4.78, 5) is 10.4. The Bertz CT molecular complexity index is 637. The first-order chi connectivity index (χ1) is 9.17. The molecule has 0 saturated carbocycles. The number of hydrogen-bond acceptors (Lipinski definition) is 5. The van der Waals surface area contributed by atoms with Crippen LogP contribution in [0.3, 0.4) is 0 Å². The van der Waals surface area contributed by atoms with Crippen LogP contribution in [0.25, 0.3) is 0 Å². The summed E-state index contributed by atoms with van der Waals surface area (Å²) in [5, 5.41) is 8.50. The van der Waals surface area contributed by atoms with Crippen LogP contribution in [-0.2, 0) is 14.8 Å². The molecule has 2 rings (SSSR count). The number of carboxylic acid groups (broad SMARTS) is 1. The molecule has 0 amide bonds. The van der Waals surface area contributed by atoms with Gasteiger partial charge in [-0.15, -0.1) is 0 Å². The first-order valence-corrected chi connectivity index (χ1v) is 7.56. The zero-order chi connectivity index (χ0) is 15.0. The lowest BCUT2D eigenvalue weighted by Gasteiger charge is -2.16. The molecule has 0 atom stereocenters. The number of sulfonamides is 1. The number of aliphatic carboxylic acids is 1. The Morgan fingerprint density at radius 1 is 1.30 bits per heavy atom. The predicted molar refractivity (Wildman–Crippen MR) is 71.4 cm³/mol. The van der Waals surface area contributed by atoms with Crippen LogP contribution >= 0.6 is 0 Å². The molecule has 1 aromatic carbocycles. The van der Waals surface area contributed by atoms with Crippen LogP contribution in [0.15, 0.2) is 18.2 Å². The van der Waals surface area contributed by atoms with Crippen LogP contribution in [0.2, 0.25) is 0 Å². The largest absolute Gasteiger partial charge is 0.481 e. The van der Waals surface area contributed by atoms with Gasteiger partial charge in [0.25, 0.3) is 0 Å². The topological polar surface area (TPSA) is 102 Å². The molecule has 0 aliphatic carbocycles. The van der Waals surface area contributed by atoms with Gasteiger partial charge in [-0.05, 0) is 12.1 Å². The van der Waals surface area contributed by atoms with Gasteiger partial charge in [-0.25, -0.2) is 8.42 Å². The number of fused-ring (bicyclic) bond motifs is 1. The van der Waals surface area contributed by atoms with Crippen molar-refractivity contribution in [2.45, 2.75) is 26.1 Å². The average Bonchev–Trinajstić information content (AvgIpc) is 2.59. The van der Waals surface area contributed by atoms with E-state index in [-0.39, 0.29) is 0 Å². The standard InChI is InChI=1S/C12H15NO6S/c1-12(2)18-9-4-3-8(7-10(9)19-12)13-20(16,17)6-5-11(14)15/h3-4,7,13H,5-6H2,1-2H3,(H,14,15). The van der Waals surface area contributed by atoms with Gasteiger partial charge in [-0.3, -0.25) is 9.52 Å². The second-order valence-corrected chi connectivity index (χ2v) is 6.67. The molecule has 0 fully saturated rings.